The third kappa shape index (κ3) is 4.03. The van der Waals surface area contributed by atoms with E-state index < -0.39 is 0 Å². The van der Waals surface area contributed by atoms with E-state index in [0.29, 0.717) is 40.3 Å². The van der Waals surface area contributed by atoms with Gasteiger partial charge in [0, 0.05) is 5.56 Å². The summed E-state index contributed by atoms with van der Waals surface area (Å²) in [6.45, 7) is 2.62. The van der Waals surface area contributed by atoms with E-state index in [-0.39, 0.29) is 6.61 Å². The first-order chi connectivity index (χ1) is 10.2. The Balaban J connectivity index is 2.20. The quantitative estimate of drug-likeness (QED) is 0.851. The second-order valence-corrected chi connectivity index (χ2v) is 5.19. The van der Waals surface area contributed by atoms with Crippen LogP contribution in [0.25, 0.3) is 0 Å². The molecule has 3 nitrogen and oxygen atoms in total. The van der Waals surface area contributed by atoms with Crippen LogP contribution < -0.4 is 9.47 Å². The number of halogens is 2. The van der Waals surface area contributed by atoms with Gasteiger partial charge in [-0.15, -0.1) is 0 Å². The molecule has 1 N–H and O–H groups in total. The highest BCUT2D eigenvalue weighted by Gasteiger charge is 2.11. The summed E-state index contributed by atoms with van der Waals surface area (Å²) < 4.78 is 11.3. The number of para-hydroxylation sites is 1. The predicted octanol–water partition coefficient (Wildman–Crippen LogP) is 4.46. The van der Waals surface area contributed by atoms with Gasteiger partial charge in [0.2, 0.25) is 0 Å². The van der Waals surface area contributed by atoms with Crippen LogP contribution in [0.4, 0.5) is 0 Å². The number of hydrogen-bond acceptors (Lipinski definition) is 3. The molecule has 0 radical (unpaired) electrons. The van der Waals surface area contributed by atoms with Crippen molar-refractivity contribution in [2.45, 2.75) is 20.1 Å². The van der Waals surface area contributed by atoms with Crippen LogP contribution in [0.15, 0.2) is 36.4 Å². The summed E-state index contributed by atoms with van der Waals surface area (Å²) in [6, 6.07) is 10.8. The van der Waals surface area contributed by atoms with E-state index in [1.54, 1.807) is 18.2 Å². The zero-order valence-electron chi connectivity index (χ0n) is 11.6. The molecular weight excluding hydrogens is 311 g/mol. The van der Waals surface area contributed by atoms with E-state index in [1.807, 2.05) is 25.1 Å². The molecule has 0 saturated carbocycles. The maximum absolute atomic E-state index is 9.41. The summed E-state index contributed by atoms with van der Waals surface area (Å²) in [5, 5.41) is 10.4. The van der Waals surface area contributed by atoms with Crippen LogP contribution >= 0.6 is 23.2 Å². The standard InChI is InChI=1S/C16H16Cl2O3/c1-2-20-15-5-3-4-12(9-19)16(15)21-10-11-6-7-13(17)14(18)8-11/h3-8,19H,2,9-10H2,1H3. The molecule has 0 amide bonds. The van der Waals surface area contributed by atoms with Gasteiger partial charge in [-0.3, -0.25) is 0 Å². The van der Waals surface area contributed by atoms with E-state index in [1.165, 1.54) is 0 Å². The van der Waals surface area contributed by atoms with E-state index in [2.05, 4.69) is 0 Å². The van der Waals surface area contributed by atoms with E-state index >= 15 is 0 Å². The largest absolute Gasteiger partial charge is 0.490 e. The average Bonchev–Trinajstić information content (AvgIpc) is 2.49. The molecule has 5 heteroatoms. The summed E-state index contributed by atoms with van der Waals surface area (Å²) in [5.74, 6) is 1.16. The fraction of sp³-hybridized carbons (Fsp3) is 0.250. The minimum absolute atomic E-state index is 0.113. The van der Waals surface area contributed by atoms with Gasteiger partial charge >= 0.3 is 0 Å². The highest BCUT2D eigenvalue weighted by molar-refractivity contribution is 6.42. The average molecular weight is 327 g/mol. The topological polar surface area (TPSA) is 38.7 Å². The fourth-order valence-electron chi connectivity index (χ4n) is 1.90. The third-order valence-electron chi connectivity index (χ3n) is 2.90. The van der Waals surface area contributed by atoms with Crippen LogP contribution in [-0.2, 0) is 13.2 Å². The molecular formula is C16H16Cl2O3. The lowest BCUT2D eigenvalue weighted by Gasteiger charge is -2.15. The van der Waals surface area contributed by atoms with Crippen LogP contribution in [0.3, 0.4) is 0 Å². The van der Waals surface area contributed by atoms with E-state index in [0.717, 1.165) is 5.56 Å². The van der Waals surface area contributed by atoms with Crippen LogP contribution in [0, 0.1) is 0 Å². The van der Waals surface area contributed by atoms with Gasteiger partial charge in [0.1, 0.15) is 6.61 Å². The van der Waals surface area contributed by atoms with Crippen molar-refractivity contribution in [3.8, 4) is 11.5 Å². The molecule has 0 saturated heterocycles. The van der Waals surface area contributed by atoms with Crippen LogP contribution in [0.2, 0.25) is 10.0 Å². The molecule has 0 aliphatic carbocycles. The lowest BCUT2D eigenvalue weighted by Crippen LogP contribution is -2.02. The molecule has 0 aliphatic rings. The van der Waals surface area contributed by atoms with Gasteiger partial charge in [-0.2, -0.15) is 0 Å². The smallest absolute Gasteiger partial charge is 0.167 e. The Morgan fingerprint density at radius 1 is 1.05 bits per heavy atom. The second-order valence-electron chi connectivity index (χ2n) is 4.37. The maximum atomic E-state index is 9.41. The van der Waals surface area contributed by atoms with Crippen molar-refractivity contribution in [2.75, 3.05) is 6.61 Å². The van der Waals surface area contributed by atoms with Crippen LogP contribution in [-0.4, -0.2) is 11.7 Å². The summed E-state index contributed by atoms with van der Waals surface area (Å²) in [4.78, 5) is 0. The number of benzene rings is 2. The van der Waals surface area contributed by atoms with Gasteiger partial charge in [-0.1, -0.05) is 41.4 Å². The number of aliphatic hydroxyl groups is 1. The van der Waals surface area contributed by atoms with Gasteiger partial charge in [-0.05, 0) is 30.7 Å². The fourth-order valence-corrected chi connectivity index (χ4v) is 2.22. The number of rotatable bonds is 6. The highest BCUT2D eigenvalue weighted by atomic mass is 35.5. The lowest BCUT2D eigenvalue weighted by atomic mass is 10.2. The molecule has 2 aromatic rings. The van der Waals surface area contributed by atoms with Gasteiger partial charge in [0.25, 0.3) is 0 Å². The maximum Gasteiger partial charge on any atom is 0.167 e. The number of aliphatic hydroxyl groups excluding tert-OH is 1. The molecule has 0 bridgehead atoms. The Kier molecular flexibility index (Phi) is 5.74. The molecule has 0 aromatic heterocycles. The number of hydrogen-bond donors (Lipinski definition) is 1. The van der Waals surface area contributed by atoms with Gasteiger partial charge in [0.15, 0.2) is 11.5 Å². The Hall–Kier alpha value is -1.42. The predicted molar refractivity (Wildman–Crippen MR) is 84.3 cm³/mol. The van der Waals surface area contributed by atoms with Gasteiger partial charge in [0.05, 0.1) is 23.3 Å². The van der Waals surface area contributed by atoms with Crippen molar-refractivity contribution in [1.82, 2.24) is 0 Å². The molecule has 0 spiro atoms. The molecule has 0 atom stereocenters. The molecule has 2 rings (SSSR count). The molecule has 0 aliphatic heterocycles. The van der Waals surface area contributed by atoms with Crippen molar-refractivity contribution in [2.24, 2.45) is 0 Å². The first-order valence-electron chi connectivity index (χ1n) is 6.58. The Morgan fingerprint density at radius 2 is 1.86 bits per heavy atom. The zero-order chi connectivity index (χ0) is 15.2. The minimum Gasteiger partial charge on any atom is -0.490 e. The molecule has 2 aromatic carbocycles. The summed E-state index contributed by atoms with van der Waals surface area (Å²) in [6.07, 6.45) is 0. The monoisotopic (exact) mass is 326 g/mol. The zero-order valence-corrected chi connectivity index (χ0v) is 13.1. The lowest BCUT2D eigenvalue weighted by molar-refractivity contribution is 0.243. The number of ether oxygens (including phenoxy) is 2. The summed E-state index contributed by atoms with van der Waals surface area (Å²) in [5.41, 5.74) is 1.57. The molecule has 0 fully saturated rings. The van der Waals surface area contributed by atoms with Crippen molar-refractivity contribution >= 4 is 23.2 Å². The molecule has 0 heterocycles. The second kappa shape index (κ2) is 7.55. The molecule has 112 valence electrons. The Labute approximate surface area is 134 Å². The Morgan fingerprint density at radius 3 is 2.52 bits per heavy atom. The van der Waals surface area contributed by atoms with E-state index in [9.17, 15) is 5.11 Å². The first kappa shape index (κ1) is 16.0. The Bertz CT molecular complexity index is 614. The molecule has 0 unspecified atom stereocenters. The minimum atomic E-state index is -0.113. The van der Waals surface area contributed by atoms with Crippen molar-refractivity contribution in [3.63, 3.8) is 0 Å². The van der Waals surface area contributed by atoms with Crippen LogP contribution in [0.5, 0.6) is 11.5 Å². The molecule has 21 heavy (non-hydrogen) atoms. The van der Waals surface area contributed by atoms with Crippen LogP contribution in [0.1, 0.15) is 18.1 Å². The van der Waals surface area contributed by atoms with Crippen molar-refractivity contribution in [1.29, 1.82) is 0 Å². The van der Waals surface area contributed by atoms with E-state index in [4.69, 9.17) is 32.7 Å². The normalized spacial score (nSPS) is 10.5. The third-order valence-corrected chi connectivity index (χ3v) is 3.64. The van der Waals surface area contributed by atoms with Crippen molar-refractivity contribution in [3.05, 3.63) is 57.6 Å². The SMILES string of the molecule is CCOc1cccc(CO)c1OCc1ccc(Cl)c(Cl)c1. The highest BCUT2D eigenvalue weighted by Crippen LogP contribution is 2.32. The summed E-state index contributed by atoms with van der Waals surface area (Å²) in [7, 11) is 0. The first-order valence-corrected chi connectivity index (χ1v) is 7.33. The summed E-state index contributed by atoms with van der Waals surface area (Å²) >= 11 is 11.9. The van der Waals surface area contributed by atoms with Crippen molar-refractivity contribution < 1.29 is 14.6 Å². The van der Waals surface area contributed by atoms with Gasteiger partial charge in [-0.25, -0.2) is 0 Å². The van der Waals surface area contributed by atoms with Gasteiger partial charge < -0.3 is 14.6 Å².